The van der Waals surface area contributed by atoms with E-state index in [9.17, 15) is 9.90 Å². The van der Waals surface area contributed by atoms with Crippen molar-refractivity contribution in [2.45, 2.75) is 38.3 Å². The fourth-order valence-corrected chi connectivity index (χ4v) is 1.89. The number of carbonyl (C=O) groups is 1. The van der Waals surface area contributed by atoms with Crippen LogP contribution in [-0.2, 0) is 14.3 Å². The molecule has 1 N–H and O–H groups in total. The summed E-state index contributed by atoms with van der Waals surface area (Å²) >= 11 is 0. The summed E-state index contributed by atoms with van der Waals surface area (Å²) in [5, 5.41) is 9.69. The smallest absolute Gasteiger partial charge is 0.336 e. The Morgan fingerprint density at radius 1 is 1.53 bits per heavy atom. The van der Waals surface area contributed by atoms with Crippen LogP contribution in [-0.4, -0.2) is 35.5 Å². The standard InChI is InChI=1S/C11H14O4/c1-3-4-9-8(12)5-7-10(15-9)6(2)14-11(7)13/h3-6,8-10,12H,1-2H3/b4-3+/t6-,8+,9+,10+/m0/s1. The highest BCUT2D eigenvalue weighted by Gasteiger charge is 2.43. The Hall–Kier alpha value is -1.13. The van der Waals surface area contributed by atoms with Gasteiger partial charge in [0, 0.05) is 0 Å². The Morgan fingerprint density at radius 2 is 2.27 bits per heavy atom. The number of aliphatic hydroxyl groups excluding tert-OH is 1. The lowest BCUT2D eigenvalue weighted by atomic mass is 10.00. The number of hydrogen-bond donors (Lipinski definition) is 1. The maximum Gasteiger partial charge on any atom is 0.336 e. The Morgan fingerprint density at radius 3 is 2.93 bits per heavy atom. The van der Waals surface area contributed by atoms with Gasteiger partial charge in [-0.25, -0.2) is 4.79 Å². The number of hydrogen-bond acceptors (Lipinski definition) is 4. The molecule has 0 aliphatic carbocycles. The third-order valence-corrected chi connectivity index (χ3v) is 2.63. The Kier molecular flexibility index (Phi) is 2.63. The van der Waals surface area contributed by atoms with Gasteiger partial charge in [0.2, 0.25) is 0 Å². The fraction of sp³-hybridized carbons (Fsp3) is 0.545. The van der Waals surface area contributed by atoms with Crippen LogP contribution in [0.3, 0.4) is 0 Å². The molecule has 0 aromatic carbocycles. The molecule has 0 bridgehead atoms. The number of rotatable bonds is 1. The molecule has 0 aromatic rings. The second-order valence-corrected chi connectivity index (χ2v) is 3.77. The third kappa shape index (κ3) is 1.70. The van der Waals surface area contributed by atoms with Gasteiger partial charge in [0.15, 0.2) is 0 Å². The summed E-state index contributed by atoms with van der Waals surface area (Å²) in [6.07, 6.45) is 3.34. The Balaban J connectivity index is 2.26. The summed E-state index contributed by atoms with van der Waals surface area (Å²) in [4.78, 5) is 11.3. The van der Waals surface area contributed by atoms with Gasteiger partial charge in [0.1, 0.15) is 24.4 Å². The average Bonchev–Trinajstić information content (AvgIpc) is 2.44. The van der Waals surface area contributed by atoms with Gasteiger partial charge in [-0.05, 0) is 19.9 Å². The molecule has 0 saturated carbocycles. The molecule has 1 saturated heterocycles. The van der Waals surface area contributed by atoms with Crippen LogP contribution < -0.4 is 0 Å². The molecule has 1 fully saturated rings. The summed E-state index contributed by atoms with van der Waals surface area (Å²) in [5.74, 6) is -0.384. The topological polar surface area (TPSA) is 55.8 Å². The number of ether oxygens (including phenoxy) is 2. The van der Waals surface area contributed by atoms with Crippen molar-refractivity contribution in [1.29, 1.82) is 0 Å². The van der Waals surface area contributed by atoms with E-state index in [1.54, 1.807) is 13.0 Å². The molecular formula is C11H14O4. The number of allylic oxidation sites excluding steroid dienone is 1. The molecule has 0 radical (unpaired) electrons. The normalized spacial score (nSPS) is 40.2. The predicted molar refractivity (Wildman–Crippen MR) is 53.1 cm³/mol. The lowest BCUT2D eigenvalue weighted by Crippen LogP contribution is -2.38. The van der Waals surface area contributed by atoms with Crippen molar-refractivity contribution in [3.05, 3.63) is 23.8 Å². The molecule has 0 aromatic heterocycles. The van der Waals surface area contributed by atoms with Crippen molar-refractivity contribution in [3.8, 4) is 0 Å². The molecule has 2 heterocycles. The summed E-state index contributed by atoms with van der Waals surface area (Å²) in [6, 6.07) is 0. The molecular weight excluding hydrogens is 196 g/mol. The van der Waals surface area contributed by atoms with E-state index in [-0.39, 0.29) is 24.3 Å². The minimum Gasteiger partial charge on any atom is -0.456 e. The van der Waals surface area contributed by atoms with Gasteiger partial charge in [0.05, 0.1) is 5.57 Å². The second kappa shape index (κ2) is 3.79. The fourth-order valence-electron chi connectivity index (χ4n) is 1.89. The zero-order valence-electron chi connectivity index (χ0n) is 8.71. The van der Waals surface area contributed by atoms with Crippen molar-refractivity contribution < 1.29 is 19.4 Å². The highest BCUT2D eigenvalue weighted by molar-refractivity contribution is 5.92. The van der Waals surface area contributed by atoms with Crippen molar-refractivity contribution in [2.75, 3.05) is 0 Å². The van der Waals surface area contributed by atoms with E-state index in [1.165, 1.54) is 6.08 Å². The van der Waals surface area contributed by atoms with Crippen molar-refractivity contribution in [2.24, 2.45) is 0 Å². The van der Waals surface area contributed by atoms with Crippen LogP contribution in [0, 0.1) is 0 Å². The molecule has 4 heteroatoms. The molecule has 0 amide bonds. The molecule has 2 aliphatic heterocycles. The molecule has 0 spiro atoms. The largest absolute Gasteiger partial charge is 0.456 e. The van der Waals surface area contributed by atoms with E-state index in [0.29, 0.717) is 5.57 Å². The van der Waals surface area contributed by atoms with E-state index < -0.39 is 6.10 Å². The van der Waals surface area contributed by atoms with Crippen LogP contribution in [0.15, 0.2) is 23.8 Å². The summed E-state index contributed by atoms with van der Waals surface area (Å²) in [7, 11) is 0. The third-order valence-electron chi connectivity index (χ3n) is 2.63. The van der Waals surface area contributed by atoms with E-state index >= 15 is 0 Å². The maximum absolute atomic E-state index is 11.3. The number of carbonyl (C=O) groups excluding carboxylic acids is 1. The van der Waals surface area contributed by atoms with Gasteiger partial charge >= 0.3 is 5.97 Å². The molecule has 4 atom stereocenters. The maximum atomic E-state index is 11.3. The van der Waals surface area contributed by atoms with Crippen LogP contribution >= 0.6 is 0 Å². The molecule has 4 nitrogen and oxygen atoms in total. The highest BCUT2D eigenvalue weighted by Crippen LogP contribution is 2.30. The minimum absolute atomic E-state index is 0.274. The Bertz CT molecular complexity index is 331. The second-order valence-electron chi connectivity index (χ2n) is 3.77. The zero-order valence-corrected chi connectivity index (χ0v) is 8.71. The van der Waals surface area contributed by atoms with Crippen LogP contribution in [0.25, 0.3) is 0 Å². The summed E-state index contributed by atoms with van der Waals surface area (Å²) in [6.45, 7) is 3.64. The van der Waals surface area contributed by atoms with E-state index in [1.807, 2.05) is 13.0 Å². The lowest BCUT2D eigenvalue weighted by Gasteiger charge is -2.28. The first kappa shape index (κ1) is 10.4. The predicted octanol–water partition coefficient (Wildman–Crippen LogP) is 0.562. The van der Waals surface area contributed by atoms with Crippen LogP contribution in [0.1, 0.15) is 13.8 Å². The minimum atomic E-state index is -0.773. The van der Waals surface area contributed by atoms with Gasteiger partial charge in [-0.15, -0.1) is 0 Å². The number of fused-ring (bicyclic) bond motifs is 1. The summed E-state index contributed by atoms with van der Waals surface area (Å²) < 4.78 is 10.6. The zero-order chi connectivity index (χ0) is 11.0. The van der Waals surface area contributed by atoms with Crippen LogP contribution in [0.4, 0.5) is 0 Å². The van der Waals surface area contributed by atoms with E-state index in [0.717, 1.165) is 0 Å². The van der Waals surface area contributed by atoms with Gasteiger partial charge in [-0.1, -0.05) is 12.2 Å². The molecule has 82 valence electrons. The van der Waals surface area contributed by atoms with Gasteiger partial charge in [-0.3, -0.25) is 0 Å². The van der Waals surface area contributed by atoms with Gasteiger partial charge < -0.3 is 14.6 Å². The molecule has 0 unspecified atom stereocenters. The van der Waals surface area contributed by atoms with Crippen LogP contribution in [0.2, 0.25) is 0 Å². The van der Waals surface area contributed by atoms with Crippen molar-refractivity contribution in [3.63, 3.8) is 0 Å². The molecule has 2 rings (SSSR count). The first-order valence-electron chi connectivity index (χ1n) is 5.02. The molecule has 15 heavy (non-hydrogen) atoms. The first-order chi connectivity index (χ1) is 7.13. The number of esters is 1. The van der Waals surface area contributed by atoms with Gasteiger partial charge in [-0.2, -0.15) is 0 Å². The lowest BCUT2D eigenvalue weighted by molar-refractivity contribution is -0.139. The quantitative estimate of drug-likeness (QED) is 0.507. The van der Waals surface area contributed by atoms with E-state index in [2.05, 4.69) is 0 Å². The summed E-state index contributed by atoms with van der Waals surface area (Å²) in [5.41, 5.74) is 0.441. The number of aliphatic hydroxyl groups is 1. The number of cyclic esters (lactones) is 1. The van der Waals surface area contributed by atoms with Crippen molar-refractivity contribution >= 4 is 5.97 Å². The SMILES string of the molecule is C/C=C/[C@H]1O[C@H]2C(=C[C@H]1O)C(=O)O[C@H]2C. The first-order valence-corrected chi connectivity index (χ1v) is 5.02. The highest BCUT2D eigenvalue weighted by atomic mass is 16.6. The van der Waals surface area contributed by atoms with Crippen LogP contribution in [0.5, 0.6) is 0 Å². The average molecular weight is 210 g/mol. The van der Waals surface area contributed by atoms with E-state index in [4.69, 9.17) is 9.47 Å². The monoisotopic (exact) mass is 210 g/mol. The molecule has 2 aliphatic rings. The van der Waals surface area contributed by atoms with Crippen molar-refractivity contribution in [1.82, 2.24) is 0 Å². The Labute approximate surface area is 88.2 Å². The van der Waals surface area contributed by atoms with Gasteiger partial charge in [0.25, 0.3) is 0 Å².